The summed E-state index contributed by atoms with van der Waals surface area (Å²) >= 11 is 0. The van der Waals surface area contributed by atoms with E-state index in [1.807, 2.05) is 0 Å². The second kappa shape index (κ2) is 15.8. The highest BCUT2D eigenvalue weighted by atomic mass is 16.6. The summed E-state index contributed by atoms with van der Waals surface area (Å²) in [7, 11) is 0. The maximum atomic E-state index is 5.36. The van der Waals surface area contributed by atoms with Crippen molar-refractivity contribution in [3.8, 4) is 0 Å². The quantitative estimate of drug-likeness (QED) is 0.442. The molecule has 17 heavy (non-hydrogen) atoms. The Hall–Kier alpha value is -0.160. The molecule has 0 unspecified atom stereocenters. The molecule has 4 nitrogen and oxygen atoms in total. The molecule has 4 heteroatoms. The molecule has 0 aliphatic carbocycles. The minimum absolute atomic E-state index is 0.629. The van der Waals surface area contributed by atoms with Crippen molar-refractivity contribution in [3.63, 3.8) is 0 Å². The van der Waals surface area contributed by atoms with Crippen LogP contribution in [0.25, 0.3) is 0 Å². The van der Waals surface area contributed by atoms with Gasteiger partial charge in [-0.2, -0.15) is 0 Å². The van der Waals surface area contributed by atoms with Gasteiger partial charge in [-0.3, -0.25) is 0 Å². The van der Waals surface area contributed by atoms with Gasteiger partial charge in [0, 0.05) is 13.2 Å². The van der Waals surface area contributed by atoms with Crippen LogP contribution < -0.4 is 0 Å². The molecule has 0 amide bonds. The number of unbranched alkanes of at least 4 members (excludes halogenated alkanes) is 1. The third kappa shape index (κ3) is 15.8. The van der Waals surface area contributed by atoms with Crippen molar-refractivity contribution in [1.29, 1.82) is 0 Å². The van der Waals surface area contributed by atoms with Crippen LogP contribution in [0.5, 0.6) is 0 Å². The second-order valence-corrected chi connectivity index (χ2v) is 3.80. The molecule has 0 aliphatic rings. The Morgan fingerprint density at radius 2 is 0.882 bits per heavy atom. The van der Waals surface area contributed by atoms with E-state index in [1.54, 1.807) is 0 Å². The summed E-state index contributed by atoms with van der Waals surface area (Å²) < 4.78 is 21.3. The monoisotopic (exact) mass is 248 g/mol. The Morgan fingerprint density at radius 3 is 1.29 bits per heavy atom. The standard InChI is InChI=1S/C13H28O4/c1-3-5-7-15-9-11-17-13-12-16-10-8-14-6-4-2/h3-13H2,1-2H3. The zero-order valence-corrected chi connectivity index (χ0v) is 11.4. The van der Waals surface area contributed by atoms with Crippen LogP contribution in [0.15, 0.2) is 0 Å². The lowest BCUT2D eigenvalue weighted by molar-refractivity contribution is -0.00195. The summed E-state index contributed by atoms with van der Waals surface area (Å²) in [5.74, 6) is 0. The normalized spacial score (nSPS) is 10.9. The SMILES string of the molecule is CCCCOCCOCCOCCOCCC. The van der Waals surface area contributed by atoms with E-state index in [0.29, 0.717) is 39.6 Å². The van der Waals surface area contributed by atoms with Crippen molar-refractivity contribution in [3.05, 3.63) is 0 Å². The van der Waals surface area contributed by atoms with Gasteiger partial charge in [-0.15, -0.1) is 0 Å². The summed E-state index contributed by atoms with van der Waals surface area (Å²) in [5.41, 5.74) is 0. The van der Waals surface area contributed by atoms with E-state index in [-0.39, 0.29) is 0 Å². The molecule has 0 radical (unpaired) electrons. The van der Waals surface area contributed by atoms with Crippen LogP contribution in [0.2, 0.25) is 0 Å². The summed E-state index contributed by atoms with van der Waals surface area (Å²) in [6.45, 7) is 9.82. The van der Waals surface area contributed by atoms with Gasteiger partial charge < -0.3 is 18.9 Å². The van der Waals surface area contributed by atoms with Gasteiger partial charge >= 0.3 is 0 Å². The molecular formula is C13H28O4. The molecule has 0 heterocycles. The molecule has 0 aromatic rings. The highest BCUT2D eigenvalue weighted by Crippen LogP contribution is 1.88. The first-order valence-corrected chi connectivity index (χ1v) is 6.72. The fourth-order valence-electron chi connectivity index (χ4n) is 1.15. The van der Waals surface area contributed by atoms with E-state index in [1.165, 1.54) is 6.42 Å². The average molecular weight is 248 g/mol. The van der Waals surface area contributed by atoms with Gasteiger partial charge in [0.05, 0.1) is 39.6 Å². The molecule has 104 valence electrons. The summed E-state index contributed by atoms with van der Waals surface area (Å²) in [6, 6.07) is 0. The zero-order chi connectivity index (χ0) is 12.6. The van der Waals surface area contributed by atoms with E-state index in [2.05, 4.69) is 13.8 Å². The van der Waals surface area contributed by atoms with Crippen LogP contribution in [-0.4, -0.2) is 52.9 Å². The fraction of sp³-hybridized carbons (Fsp3) is 1.00. The average Bonchev–Trinajstić information content (AvgIpc) is 2.35. The van der Waals surface area contributed by atoms with Gasteiger partial charge in [-0.25, -0.2) is 0 Å². The van der Waals surface area contributed by atoms with Crippen LogP contribution in [0.3, 0.4) is 0 Å². The van der Waals surface area contributed by atoms with Gasteiger partial charge in [0.2, 0.25) is 0 Å². The fourth-order valence-corrected chi connectivity index (χ4v) is 1.15. The molecule has 0 atom stereocenters. The number of ether oxygens (including phenoxy) is 4. The van der Waals surface area contributed by atoms with Crippen LogP contribution in [-0.2, 0) is 18.9 Å². The molecule has 0 aromatic carbocycles. The van der Waals surface area contributed by atoms with Crippen LogP contribution >= 0.6 is 0 Å². The molecule has 0 N–H and O–H groups in total. The lowest BCUT2D eigenvalue weighted by atomic mass is 10.4. The maximum absolute atomic E-state index is 5.36. The molecule has 0 spiro atoms. The van der Waals surface area contributed by atoms with Crippen LogP contribution in [0.4, 0.5) is 0 Å². The van der Waals surface area contributed by atoms with Crippen molar-refractivity contribution in [2.45, 2.75) is 33.1 Å². The third-order valence-corrected chi connectivity index (χ3v) is 2.11. The Kier molecular flexibility index (Phi) is 15.7. The first-order valence-electron chi connectivity index (χ1n) is 6.72. The van der Waals surface area contributed by atoms with Crippen LogP contribution in [0, 0.1) is 0 Å². The van der Waals surface area contributed by atoms with E-state index < -0.39 is 0 Å². The van der Waals surface area contributed by atoms with E-state index in [4.69, 9.17) is 18.9 Å². The molecule has 0 fully saturated rings. The van der Waals surface area contributed by atoms with Gasteiger partial charge in [0.15, 0.2) is 0 Å². The van der Waals surface area contributed by atoms with Crippen molar-refractivity contribution in [1.82, 2.24) is 0 Å². The molecular weight excluding hydrogens is 220 g/mol. The van der Waals surface area contributed by atoms with E-state index >= 15 is 0 Å². The van der Waals surface area contributed by atoms with Gasteiger partial charge in [-0.1, -0.05) is 20.3 Å². The summed E-state index contributed by atoms with van der Waals surface area (Å²) in [4.78, 5) is 0. The number of hydrogen-bond donors (Lipinski definition) is 0. The first-order chi connectivity index (χ1) is 8.41. The molecule has 0 saturated heterocycles. The maximum Gasteiger partial charge on any atom is 0.0701 e. The van der Waals surface area contributed by atoms with Gasteiger partial charge in [0.25, 0.3) is 0 Å². The van der Waals surface area contributed by atoms with Crippen molar-refractivity contribution in [2.75, 3.05) is 52.9 Å². The van der Waals surface area contributed by atoms with Crippen molar-refractivity contribution >= 4 is 0 Å². The Morgan fingerprint density at radius 1 is 0.471 bits per heavy atom. The second-order valence-electron chi connectivity index (χ2n) is 3.80. The zero-order valence-electron chi connectivity index (χ0n) is 11.4. The highest BCUT2D eigenvalue weighted by Gasteiger charge is 1.91. The summed E-state index contributed by atoms with van der Waals surface area (Å²) in [5, 5.41) is 0. The smallest absolute Gasteiger partial charge is 0.0701 e. The van der Waals surface area contributed by atoms with Gasteiger partial charge in [0.1, 0.15) is 0 Å². The molecule has 0 rings (SSSR count). The predicted molar refractivity (Wildman–Crippen MR) is 68.5 cm³/mol. The highest BCUT2D eigenvalue weighted by molar-refractivity contribution is 4.36. The first kappa shape index (κ1) is 16.8. The molecule has 0 saturated carbocycles. The largest absolute Gasteiger partial charge is 0.379 e. The van der Waals surface area contributed by atoms with Crippen molar-refractivity contribution in [2.24, 2.45) is 0 Å². The molecule has 0 aliphatic heterocycles. The number of hydrogen-bond acceptors (Lipinski definition) is 4. The van der Waals surface area contributed by atoms with Crippen molar-refractivity contribution < 1.29 is 18.9 Å². The minimum Gasteiger partial charge on any atom is -0.379 e. The van der Waals surface area contributed by atoms with E-state index in [0.717, 1.165) is 26.1 Å². The molecule has 0 bridgehead atoms. The van der Waals surface area contributed by atoms with E-state index in [9.17, 15) is 0 Å². The van der Waals surface area contributed by atoms with Crippen LogP contribution in [0.1, 0.15) is 33.1 Å². The van der Waals surface area contributed by atoms with Gasteiger partial charge in [-0.05, 0) is 12.8 Å². The Labute approximate surface area is 106 Å². The third-order valence-electron chi connectivity index (χ3n) is 2.11. The minimum atomic E-state index is 0.629. The number of rotatable bonds is 14. The molecule has 0 aromatic heterocycles. The Balaban J connectivity index is 2.85. The topological polar surface area (TPSA) is 36.9 Å². The lowest BCUT2D eigenvalue weighted by Crippen LogP contribution is -2.12. The predicted octanol–water partition coefficient (Wildman–Crippen LogP) is 2.26. The Bertz CT molecular complexity index is 117. The lowest BCUT2D eigenvalue weighted by Gasteiger charge is -2.06. The summed E-state index contributed by atoms with van der Waals surface area (Å²) in [6.07, 6.45) is 3.36.